The maximum atomic E-state index is 9.50. The van der Waals surface area contributed by atoms with Gasteiger partial charge in [0.25, 0.3) is 0 Å². The lowest BCUT2D eigenvalue weighted by molar-refractivity contribution is -0.202. The van der Waals surface area contributed by atoms with Crippen molar-refractivity contribution in [3.63, 3.8) is 0 Å². The third kappa shape index (κ3) is 2.29. The van der Waals surface area contributed by atoms with E-state index in [1.54, 1.807) is 0 Å². The highest BCUT2D eigenvalue weighted by Crippen LogP contribution is 2.26. The van der Waals surface area contributed by atoms with E-state index < -0.39 is 12.4 Å². The van der Waals surface area contributed by atoms with Crippen LogP contribution in [0.3, 0.4) is 0 Å². The van der Waals surface area contributed by atoms with Crippen LogP contribution in [-0.4, -0.2) is 46.4 Å². The molecule has 72 valence electrons. The molecule has 4 nitrogen and oxygen atoms in total. The number of aliphatic hydroxyl groups is 2. The Balaban J connectivity index is 2.52. The summed E-state index contributed by atoms with van der Waals surface area (Å²) >= 11 is 2.09. The van der Waals surface area contributed by atoms with Crippen LogP contribution in [0.4, 0.5) is 0 Å². The Kier molecular flexibility index (Phi) is 4.18. The van der Waals surface area contributed by atoms with E-state index in [2.05, 4.69) is 22.6 Å². The lowest BCUT2D eigenvalue weighted by atomic mass is 10.1. The first-order valence-corrected chi connectivity index (χ1v) is 5.05. The van der Waals surface area contributed by atoms with E-state index in [9.17, 15) is 5.11 Å². The number of methoxy groups -OCH3 is 1. The Bertz CT molecular complexity index is 143. The standard InChI is InChI=1S/C7H13IO4/c1-11-7-6(8)5(10)2-4(3-9)12-7/h4-7,9-10H,2-3H2,1H3/t4-,5-,6+,7?/m0/s1. The fraction of sp³-hybridized carbons (Fsp3) is 1.00. The number of alkyl halides is 1. The second kappa shape index (κ2) is 4.71. The number of aliphatic hydroxyl groups excluding tert-OH is 2. The summed E-state index contributed by atoms with van der Waals surface area (Å²) in [6, 6.07) is 0. The third-order valence-corrected chi connectivity index (χ3v) is 3.31. The van der Waals surface area contributed by atoms with Crippen LogP contribution >= 0.6 is 22.6 Å². The summed E-state index contributed by atoms with van der Waals surface area (Å²) in [6.45, 7) is -0.0692. The maximum Gasteiger partial charge on any atom is 0.171 e. The lowest BCUT2D eigenvalue weighted by Crippen LogP contribution is -2.46. The van der Waals surface area contributed by atoms with Crippen molar-refractivity contribution in [3.05, 3.63) is 0 Å². The molecule has 1 aliphatic rings. The van der Waals surface area contributed by atoms with Crippen LogP contribution in [0.1, 0.15) is 6.42 Å². The molecule has 0 spiro atoms. The van der Waals surface area contributed by atoms with Crippen molar-refractivity contribution in [3.8, 4) is 0 Å². The van der Waals surface area contributed by atoms with Gasteiger partial charge in [0.05, 0.1) is 22.7 Å². The smallest absolute Gasteiger partial charge is 0.171 e. The lowest BCUT2D eigenvalue weighted by Gasteiger charge is -2.35. The number of hydrogen-bond donors (Lipinski definition) is 2. The van der Waals surface area contributed by atoms with Crippen LogP contribution in [0.15, 0.2) is 0 Å². The van der Waals surface area contributed by atoms with Crippen molar-refractivity contribution < 1.29 is 19.7 Å². The van der Waals surface area contributed by atoms with Crippen molar-refractivity contribution in [2.24, 2.45) is 0 Å². The Morgan fingerprint density at radius 1 is 1.67 bits per heavy atom. The average Bonchev–Trinajstić information content (AvgIpc) is 2.09. The van der Waals surface area contributed by atoms with E-state index in [4.69, 9.17) is 14.6 Å². The molecule has 0 aliphatic carbocycles. The normalized spacial score (nSPS) is 43.0. The first kappa shape index (κ1) is 10.6. The molecule has 0 radical (unpaired) electrons. The van der Waals surface area contributed by atoms with Crippen molar-refractivity contribution in [1.29, 1.82) is 0 Å². The highest BCUT2D eigenvalue weighted by atomic mass is 127. The van der Waals surface area contributed by atoms with Gasteiger partial charge in [0.15, 0.2) is 6.29 Å². The number of ether oxygens (including phenoxy) is 2. The maximum absolute atomic E-state index is 9.50. The molecule has 1 rings (SSSR count). The fourth-order valence-corrected chi connectivity index (χ4v) is 1.96. The molecule has 1 heterocycles. The molecule has 1 aliphatic heterocycles. The quantitative estimate of drug-likeness (QED) is 0.550. The Labute approximate surface area is 85.0 Å². The topological polar surface area (TPSA) is 58.9 Å². The second-order valence-corrected chi connectivity index (χ2v) is 4.23. The largest absolute Gasteiger partial charge is 0.394 e. The molecule has 5 heteroatoms. The van der Waals surface area contributed by atoms with Crippen LogP contribution < -0.4 is 0 Å². The number of hydrogen-bond acceptors (Lipinski definition) is 4. The summed E-state index contributed by atoms with van der Waals surface area (Å²) in [4.78, 5) is 0. The minimum Gasteiger partial charge on any atom is -0.394 e. The summed E-state index contributed by atoms with van der Waals surface area (Å²) in [5, 5.41) is 18.3. The predicted octanol–water partition coefficient (Wildman–Crippen LogP) is -0.0954. The molecule has 0 saturated carbocycles. The molecule has 0 bridgehead atoms. The molecule has 0 aromatic heterocycles. The van der Waals surface area contributed by atoms with Gasteiger partial charge >= 0.3 is 0 Å². The molecule has 0 aromatic carbocycles. The van der Waals surface area contributed by atoms with Gasteiger partial charge in [-0.1, -0.05) is 22.6 Å². The van der Waals surface area contributed by atoms with Gasteiger partial charge in [-0.25, -0.2) is 0 Å². The minimum atomic E-state index is -0.457. The van der Waals surface area contributed by atoms with E-state index >= 15 is 0 Å². The summed E-state index contributed by atoms with van der Waals surface area (Å²) in [7, 11) is 1.53. The fourth-order valence-electron chi connectivity index (χ4n) is 1.20. The summed E-state index contributed by atoms with van der Waals surface area (Å²) in [6.07, 6.45) is -0.687. The summed E-state index contributed by atoms with van der Waals surface area (Å²) in [5.74, 6) is 0. The highest BCUT2D eigenvalue weighted by molar-refractivity contribution is 14.1. The SMILES string of the molecule is COC1O[C@H](CO)C[C@H](O)[C@H]1I. The van der Waals surface area contributed by atoms with Crippen LogP contribution in [0.25, 0.3) is 0 Å². The van der Waals surface area contributed by atoms with Gasteiger partial charge in [0.2, 0.25) is 0 Å². The first-order valence-electron chi connectivity index (χ1n) is 3.80. The third-order valence-electron chi connectivity index (χ3n) is 1.89. The zero-order valence-electron chi connectivity index (χ0n) is 6.81. The average molecular weight is 288 g/mol. The van der Waals surface area contributed by atoms with Crippen LogP contribution in [-0.2, 0) is 9.47 Å². The van der Waals surface area contributed by atoms with Gasteiger partial charge in [-0.2, -0.15) is 0 Å². The summed E-state index contributed by atoms with van der Waals surface area (Å²) in [5.41, 5.74) is 0. The van der Waals surface area contributed by atoms with Crippen LogP contribution in [0, 0.1) is 0 Å². The molecule has 0 aromatic rings. The van der Waals surface area contributed by atoms with Gasteiger partial charge < -0.3 is 19.7 Å². The Morgan fingerprint density at radius 2 is 2.33 bits per heavy atom. The van der Waals surface area contributed by atoms with E-state index in [1.165, 1.54) is 7.11 Å². The zero-order valence-corrected chi connectivity index (χ0v) is 8.97. The molecule has 1 fully saturated rings. The van der Waals surface area contributed by atoms with Crippen molar-refractivity contribution in [2.75, 3.05) is 13.7 Å². The number of rotatable bonds is 2. The van der Waals surface area contributed by atoms with Crippen molar-refractivity contribution in [2.45, 2.75) is 28.8 Å². The zero-order chi connectivity index (χ0) is 9.14. The molecular weight excluding hydrogens is 275 g/mol. The molecule has 12 heavy (non-hydrogen) atoms. The van der Waals surface area contributed by atoms with Crippen LogP contribution in [0.5, 0.6) is 0 Å². The first-order chi connectivity index (χ1) is 5.69. The van der Waals surface area contributed by atoms with Crippen molar-refractivity contribution in [1.82, 2.24) is 0 Å². The monoisotopic (exact) mass is 288 g/mol. The summed E-state index contributed by atoms with van der Waals surface area (Å²) < 4.78 is 10.3. The van der Waals surface area contributed by atoms with Gasteiger partial charge in [0.1, 0.15) is 0 Å². The van der Waals surface area contributed by atoms with E-state index in [1.807, 2.05) is 0 Å². The van der Waals surface area contributed by atoms with Crippen molar-refractivity contribution >= 4 is 22.6 Å². The molecule has 2 N–H and O–H groups in total. The van der Waals surface area contributed by atoms with E-state index in [-0.39, 0.29) is 16.6 Å². The molecule has 0 amide bonds. The molecule has 1 unspecified atom stereocenters. The number of halogens is 1. The Hall–Kier alpha value is 0.570. The van der Waals surface area contributed by atoms with E-state index in [0.29, 0.717) is 6.42 Å². The predicted molar refractivity (Wildman–Crippen MR) is 51.2 cm³/mol. The Morgan fingerprint density at radius 3 is 2.83 bits per heavy atom. The highest BCUT2D eigenvalue weighted by Gasteiger charge is 2.35. The molecule has 4 atom stereocenters. The van der Waals surface area contributed by atoms with Gasteiger partial charge in [-0.15, -0.1) is 0 Å². The minimum absolute atomic E-state index is 0.0598. The van der Waals surface area contributed by atoms with Gasteiger partial charge in [0, 0.05) is 13.5 Å². The molecule has 1 saturated heterocycles. The van der Waals surface area contributed by atoms with Gasteiger partial charge in [-0.05, 0) is 0 Å². The van der Waals surface area contributed by atoms with Crippen LogP contribution in [0.2, 0.25) is 0 Å². The van der Waals surface area contributed by atoms with E-state index in [0.717, 1.165) is 0 Å². The van der Waals surface area contributed by atoms with Gasteiger partial charge in [-0.3, -0.25) is 0 Å². The second-order valence-electron chi connectivity index (χ2n) is 2.79. The molecular formula is C7H13IO4.